The van der Waals surface area contributed by atoms with Crippen molar-refractivity contribution in [3.05, 3.63) is 70.4 Å². The predicted octanol–water partition coefficient (Wildman–Crippen LogP) is 2.71. The van der Waals surface area contributed by atoms with Crippen LogP contribution in [0.1, 0.15) is 18.5 Å². The van der Waals surface area contributed by atoms with E-state index >= 15 is 0 Å². The van der Waals surface area contributed by atoms with Gasteiger partial charge in [-0.15, -0.1) is 4.41 Å². The molecule has 2 atom stereocenters. The number of amidine groups is 1. The van der Waals surface area contributed by atoms with E-state index in [-0.39, 0.29) is 33.1 Å². The van der Waals surface area contributed by atoms with Crippen LogP contribution >= 0.6 is 0 Å². The third kappa shape index (κ3) is 3.25. The van der Waals surface area contributed by atoms with Crippen molar-refractivity contribution in [1.82, 2.24) is 14.7 Å². The lowest BCUT2D eigenvalue weighted by Crippen LogP contribution is -2.46. The second kappa shape index (κ2) is 7.59. The van der Waals surface area contributed by atoms with Crippen molar-refractivity contribution >= 4 is 44.2 Å². The summed E-state index contributed by atoms with van der Waals surface area (Å²) in [5.74, 6) is -0.980. The summed E-state index contributed by atoms with van der Waals surface area (Å²) in [6.07, 6.45) is 1.43. The van der Waals surface area contributed by atoms with Crippen LogP contribution in [0.4, 0.5) is 10.5 Å². The molecule has 2 N–H and O–H groups in total. The van der Waals surface area contributed by atoms with Gasteiger partial charge in [-0.1, -0.05) is 12.1 Å². The van der Waals surface area contributed by atoms with Crippen molar-refractivity contribution in [2.24, 2.45) is 16.0 Å². The molecule has 0 radical (unpaired) electrons. The number of urea groups is 1. The summed E-state index contributed by atoms with van der Waals surface area (Å²) < 4.78 is 28.0. The highest BCUT2D eigenvalue weighted by Gasteiger charge is 2.47. The zero-order valence-electron chi connectivity index (χ0n) is 17.5. The quantitative estimate of drug-likeness (QED) is 0.427. The first-order valence-corrected chi connectivity index (χ1v) is 11.4. The first kappa shape index (κ1) is 21.5. The topological polar surface area (TPSA) is 167 Å². The molecule has 13 heteroatoms. The molecule has 12 nitrogen and oxygen atoms in total. The second-order valence-corrected chi connectivity index (χ2v) is 9.43. The Hall–Kier alpha value is -4.39. The lowest BCUT2D eigenvalue weighted by atomic mass is 9.88. The lowest BCUT2D eigenvalue weighted by molar-refractivity contribution is -0.384. The monoisotopic (exact) mass is 480 g/mol. The number of amides is 2. The number of sulfonamides is 1. The Morgan fingerprint density at radius 2 is 1.88 bits per heavy atom. The molecule has 2 unspecified atom stereocenters. The maximum atomic E-state index is 13.7. The minimum atomic E-state index is -4.34. The highest BCUT2D eigenvalue weighted by Crippen LogP contribution is 2.38. The highest BCUT2D eigenvalue weighted by atomic mass is 32.2. The molecule has 0 spiro atoms. The van der Waals surface area contributed by atoms with Crippen LogP contribution in [-0.4, -0.2) is 45.4 Å². The van der Waals surface area contributed by atoms with Gasteiger partial charge < -0.3 is 10.4 Å². The number of aromatic hydroxyl groups is 1. The molecule has 3 aromatic rings. The molecule has 1 aromatic heterocycles. The summed E-state index contributed by atoms with van der Waals surface area (Å²) in [6, 6.07) is 9.61. The van der Waals surface area contributed by atoms with E-state index in [1.165, 1.54) is 54.7 Å². The number of fused-ring (bicyclic) bond motifs is 2. The fraction of sp³-hybridized carbons (Fsp3) is 0.143. The molecule has 2 aromatic carbocycles. The highest BCUT2D eigenvalue weighted by molar-refractivity contribution is 7.90. The van der Waals surface area contributed by atoms with Gasteiger partial charge in [-0.3, -0.25) is 15.1 Å². The third-order valence-corrected chi connectivity index (χ3v) is 7.31. The van der Waals surface area contributed by atoms with Gasteiger partial charge in [-0.2, -0.15) is 18.5 Å². The number of nitro groups is 1. The summed E-state index contributed by atoms with van der Waals surface area (Å²) >= 11 is 0. The molecule has 0 aliphatic carbocycles. The van der Waals surface area contributed by atoms with Crippen LogP contribution in [0.3, 0.4) is 0 Å². The molecule has 0 saturated heterocycles. The zero-order valence-corrected chi connectivity index (χ0v) is 18.3. The van der Waals surface area contributed by atoms with Gasteiger partial charge >= 0.3 is 6.03 Å². The minimum Gasteiger partial charge on any atom is -0.506 e. The van der Waals surface area contributed by atoms with E-state index in [2.05, 4.69) is 20.4 Å². The smallest absolute Gasteiger partial charge is 0.343 e. The Bertz CT molecular complexity index is 1530. The number of carbonyl (C=O) groups excluding carboxylic acids is 1. The minimum absolute atomic E-state index is 0.0882. The second-order valence-electron chi connectivity index (χ2n) is 7.70. The number of hydrogen-bond donors (Lipinski definition) is 2. The van der Waals surface area contributed by atoms with E-state index in [1.807, 2.05) is 0 Å². The van der Waals surface area contributed by atoms with Gasteiger partial charge in [0, 0.05) is 29.4 Å². The molecule has 34 heavy (non-hydrogen) atoms. The van der Waals surface area contributed by atoms with Crippen LogP contribution in [0.25, 0.3) is 10.9 Å². The number of aromatic nitrogens is 1. The Kier molecular flexibility index (Phi) is 4.79. The van der Waals surface area contributed by atoms with Crippen LogP contribution in [0.15, 0.2) is 69.7 Å². The van der Waals surface area contributed by atoms with E-state index in [1.54, 1.807) is 6.92 Å². The number of phenols is 1. The number of rotatable bonds is 4. The van der Waals surface area contributed by atoms with Crippen molar-refractivity contribution in [3.63, 3.8) is 0 Å². The van der Waals surface area contributed by atoms with Crippen molar-refractivity contribution in [2.45, 2.75) is 17.9 Å². The SMILES string of the molecule is CC1=NN(S(=O)(=O)c2ccc(O)c3ncccc23)C2=NC(=O)NC(c3ccc([N+](=O)[O-])cc3)C12. The molecule has 0 fully saturated rings. The molecule has 0 bridgehead atoms. The van der Waals surface area contributed by atoms with Gasteiger partial charge in [0.25, 0.3) is 15.7 Å². The molecular formula is C21H16N6O6S. The fourth-order valence-electron chi connectivity index (χ4n) is 4.12. The standard InChI is InChI=1S/C21H16N6O6S/c1-11-17-18(12-4-6-13(7-5-12)27(30)31)23-21(29)24-20(17)26(25-11)34(32,33)16-9-8-15(28)19-14(16)3-2-10-22-19/h2-10,17-18,28H,1H3,(H,23,29). The largest absolute Gasteiger partial charge is 0.506 e. The molecule has 2 aliphatic heterocycles. The number of hydrogen-bond acceptors (Lipinski definition) is 8. The molecule has 172 valence electrons. The maximum Gasteiger partial charge on any atom is 0.343 e. The van der Waals surface area contributed by atoms with Gasteiger partial charge in [0.1, 0.15) is 11.3 Å². The lowest BCUT2D eigenvalue weighted by Gasteiger charge is -2.29. The number of pyridine rings is 1. The Morgan fingerprint density at radius 3 is 2.59 bits per heavy atom. The van der Waals surface area contributed by atoms with Gasteiger partial charge in [0.05, 0.1) is 21.8 Å². The van der Waals surface area contributed by atoms with E-state index in [0.29, 0.717) is 11.3 Å². The van der Waals surface area contributed by atoms with Gasteiger partial charge in [0.2, 0.25) is 0 Å². The average Bonchev–Trinajstić information content (AvgIpc) is 3.15. The summed E-state index contributed by atoms with van der Waals surface area (Å²) in [7, 11) is -4.34. The number of nitrogens with one attached hydrogen (secondary N) is 1. The number of phenolic OH excluding ortho intramolecular Hbond substituents is 1. The van der Waals surface area contributed by atoms with Crippen molar-refractivity contribution in [2.75, 3.05) is 0 Å². The Labute approximate surface area is 192 Å². The number of nitrogens with zero attached hydrogens (tertiary/aromatic N) is 5. The van der Waals surface area contributed by atoms with Gasteiger partial charge in [-0.25, -0.2) is 4.79 Å². The molecule has 5 rings (SSSR count). The van der Waals surface area contributed by atoms with Crippen molar-refractivity contribution < 1.29 is 23.2 Å². The Balaban J connectivity index is 1.59. The van der Waals surface area contributed by atoms with Crippen LogP contribution < -0.4 is 5.32 Å². The van der Waals surface area contributed by atoms with Crippen LogP contribution in [0.5, 0.6) is 5.75 Å². The van der Waals surface area contributed by atoms with E-state index in [4.69, 9.17) is 0 Å². The molecule has 3 heterocycles. The van der Waals surface area contributed by atoms with Crippen LogP contribution in [-0.2, 0) is 10.0 Å². The van der Waals surface area contributed by atoms with Crippen LogP contribution in [0.2, 0.25) is 0 Å². The summed E-state index contributed by atoms with van der Waals surface area (Å²) in [5.41, 5.74) is 0.900. The fourth-order valence-corrected chi connectivity index (χ4v) is 5.63. The summed E-state index contributed by atoms with van der Waals surface area (Å²) in [5, 5.41) is 28.2. The van der Waals surface area contributed by atoms with E-state index in [0.717, 1.165) is 4.41 Å². The first-order valence-electron chi connectivity index (χ1n) is 9.99. The number of carbonyl (C=O) groups is 1. The molecular weight excluding hydrogens is 464 g/mol. The molecule has 2 aliphatic rings. The number of nitro benzene ring substituents is 1. The van der Waals surface area contributed by atoms with E-state index in [9.17, 15) is 28.4 Å². The average molecular weight is 480 g/mol. The van der Waals surface area contributed by atoms with E-state index < -0.39 is 32.9 Å². The summed E-state index contributed by atoms with van der Waals surface area (Å²) in [6.45, 7) is 1.61. The molecule has 2 amide bonds. The third-order valence-electron chi connectivity index (χ3n) is 5.68. The number of hydrazone groups is 1. The maximum absolute atomic E-state index is 13.7. The normalized spacial score (nSPS) is 19.9. The Morgan fingerprint density at radius 1 is 1.15 bits per heavy atom. The van der Waals surface area contributed by atoms with Gasteiger partial charge in [0.15, 0.2) is 5.84 Å². The van der Waals surface area contributed by atoms with Crippen molar-refractivity contribution in [1.29, 1.82) is 0 Å². The number of aliphatic imine (C=N–C) groups is 1. The number of non-ortho nitro benzene ring substituents is 1. The first-order chi connectivity index (χ1) is 16.2. The number of benzene rings is 2. The molecule has 0 saturated carbocycles. The van der Waals surface area contributed by atoms with Gasteiger partial charge in [-0.05, 0) is 36.8 Å². The predicted molar refractivity (Wildman–Crippen MR) is 121 cm³/mol. The zero-order chi connectivity index (χ0) is 24.2. The van der Waals surface area contributed by atoms with Crippen molar-refractivity contribution in [3.8, 4) is 5.75 Å². The van der Waals surface area contributed by atoms with Crippen LogP contribution in [0, 0.1) is 16.0 Å². The summed E-state index contributed by atoms with van der Waals surface area (Å²) in [4.78, 5) is 30.7.